The third-order valence-corrected chi connectivity index (χ3v) is 3.71. The Bertz CT molecular complexity index is 466. The number of carbonyl (C=O) groups excluding carboxylic acids is 1. The summed E-state index contributed by atoms with van der Waals surface area (Å²) in [6, 6.07) is 6.52. The predicted molar refractivity (Wildman–Crippen MR) is 81.3 cm³/mol. The third-order valence-electron chi connectivity index (χ3n) is 3.71. The van der Waals surface area contributed by atoms with E-state index in [1.165, 1.54) is 12.8 Å². The Morgan fingerprint density at radius 3 is 2.65 bits per heavy atom. The molecule has 3 heteroatoms. The molecule has 1 aromatic carbocycles. The van der Waals surface area contributed by atoms with Crippen molar-refractivity contribution in [3.05, 3.63) is 29.3 Å². The standard InChI is InChI=1S/C17H25NO2/c1-4-10-18(16-7-8-16)12-15-11-14(13(3)19)6-9-17(15)20-5-2/h6,9,11,16H,4-5,7-8,10,12H2,1-3H3. The van der Waals surface area contributed by atoms with Gasteiger partial charge in [0, 0.05) is 23.7 Å². The predicted octanol–water partition coefficient (Wildman–Crippen LogP) is 3.66. The molecule has 1 fully saturated rings. The first-order chi connectivity index (χ1) is 9.65. The molecule has 3 nitrogen and oxygen atoms in total. The first kappa shape index (κ1) is 15.0. The smallest absolute Gasteiger partial charge is 0.159 e. The second-order valence-corrected chi connectivity index (χ2v) is 5.51. The van der Waals surface area contributed by atoms with Crippen molar-refractivity contribution in [1.29, 1.82) is 0 Å². The van der Waals surface area contributed by atoms with Crippen LogP contribution in [0.5, 0.6) is 5.75 Å². The van der Waals surface area contributed by atoms with E-state index >= 15 is 0 Å². The van der Waals surface area contributed by atoms with Gasteiger partial charge in [0.2, 0.25) is 0 Å². The summed E-state index contributed by atoms with van der Waals surface area (Å²) in [4.78, 5) is 14.1. The van der Waals surface area contributed by atoms with Crippen LogP contribution in [0.25, 0.3) is 0 Å². The molecule has 2 rings (SSSR count). The van der Waals surface area contributed by atoms with E-state index in [0.717, 1.165) is 42.4 Å². The lowest BCUT2D eigenvalue weighted by Gasteiger charge is -2.23. The molecule has 0 spiro atoms. The van der Waals surface area contributed by atoms with Crippen molar-refractivity contribution in [3.8, 4) is 5.75 Å². The molecule has 0 amide bonds. The summed E-state index contributed by atoms with van der Waals surface area (Å²) in [5.41, 5.74) is 1.91. The molecule has 0 saturated heterocycles. The number of ketones is 1. The second kappa shape index (κ2) is 6.89. The van der Waals surface area contributed by atoms with E-state index in [1.54, 1.807) is 6.92 Å². The third kappa shape index (κ3) is 3.83. The summed E-state index contributed by atoms with van der Waals surface area (Å²) in [5.74, 6) is 1.03. The van der Waals surface area contributed by atoms with Gasteiger partial charge in [-0.15, -0.1) is 0 Å². The van der Waals surface area contributed by atoms with Gasteiger partial charge in [0.25, 0.3) is 0 Å². The summed E-state index contributed by atoms with van der Waals surface area (Å²) >= 11 is 0. The Labute approximate surface area is 121 Å². The summed E-state index contributed by atoms with van der Waals surface area (Å²) < 4.78 is 5.71. The SMILES string of the molecule is CCCN(Cc1cc(C(C)=O)ccc1OCC)C1CC1. The average molecular weight is 275 g/mol. The summed E-state index contributed by atoms with van der Waals surface area (Å²) in [5, 5.41) is 0. The van der Waals surface area contributed by atoms with Crippen molar-refractivity contribution in [2.75, 3.05) is 13.2 Å². The Morgan fingerprint density at radius 1 is 1.35 bits per heavy atom. The minimum Gasteiger partial charge on any atom is -0.494 e. The van der Waals surface area contributed by atoms with Crippen LogP contribution < -0.4 is 4.74 Å². The van der Waals surface area contributed by atoms with Gasteiger partial charge in [-0.2, -0.15) is 0 Å². The van der Waals surface area contributed by atoms with Gasteiger partial charge in [0.1, 0.15) is 5.75 Å². The van der Waals surface area contributed by atoms with Crippen molar-refractivity contribution < 1.29 is 9.53 Å². The zero-order valence-electron chi connectivity index (χ0n) is 12.8. The lowest BCUT2D eigenvalue weighted by atomic mass is 10.1. The lowest BCUT2D eigenvalue weighted by Crippen LogP contribution is -2.26. The monoisotopic (exact) mass is 275 g/mol. The number of rotatable bonds is 8. The van der Waals surface area contributed by atoms with Gasteiger partial charge in [0.05, 0.1) is 6.61 Å². The van der Waals surface area contributed by atoms with Gasteiger partial charge >= 0.3 is 0 Å². The molecule has 0 unspecified atom stereocenters. The molecule has 0 atom stereocenters. The molecule has 1 aliphatic carbocycles. The van der Waals surface area contributed by atoms with E-state index < -0.39 is 0 Å². The van der Waals surface area contributed by atoms with Crippen LogP contribution in [-0.2, 0) is 6.54 Å². The number of benzene rings is 1. The van der Waals surface area contributed by atoms with Gasteiger partial charge in [0.15, 0.2) is 5.78 Å². The van der Waals surface area contributed by atoms with Crippen LogP contribution in [-0.4, -0.2) is 29.9 Å². The molecule has 0 heterocycles. The zero-order valence-corrected chi connectivity index (χ0v) is 12.8. The average Bonchev–Trinajstić information content (AvgIpc) is 3.24. The van der Waals surface area contributed by atoms with Gasteiger partial charge in [-0.3, -0.25) is 9.69 Å². The van der Waals surface area contributed by atoms with Gasteiger partial charge in [-0.25, -0.2) is 0 Å². The van der Waals surface area contributed by atoms with Crippen molar-refractivity contribution in [3.63, 3.8) is 0 Å². The molecule has 0 aliphatic heterocycles. The number of hydrogen-bond donors (Lipinski definition) is 0. The maximum atomic E-state index is 11.6. The Morgan fingerprint density at radius 2 is 2.10 bits per heavy atom. The second-order valence-electron chi connectivity index (χ2n) is 5.51. The fourth-order valence-corrected chi connectivity index (χ4v) is 2.55. The van der Waals surface area contributed by atoms with Gasteiger partial charge in [-0.05, 0) is 57.9 Å². The van der Waals surface area contributed by atoms with Gasteiger partial charge in [-0.1, -0.05) is 6.92 Å². The molecular formula is C17H25NO2. The first-order valence-electron chi connectivity index (χ1n) is 7.66. The highest BCUT2D eigenvalue weighted by molar-refractivity contribution is 5.94. The van der Waals surface area contributed by atoms with Crippen molar-refractivity contribution in [1.82, 2.24) is 4.90 Å². The number of nitrogens with zero attached hydrogens (tertiary/aromatic N) is 1. The molecular weight excluding hydrogens is 250 g/mol. The maximum Gasteiger partial charge on any atom is 0.159 e. The van der Waals surface area contributed by atoms with E-state index in [2.05, 4.69) is 11.8 Å². The minimum absolute atomic E-state index is 0.114. The van der Waals surface area contributed by atoms with Crippen molar-refractivity contribution in [2.45, 2.75) is 52.6 Å². The van der Waals surface area contributed by atoms with E-state index in [0.29, 0.717) is 6.61 Å². The largest absolute Gasteiger partial charge is 0.494 e. The normalized spacial score (nSPS) is 14.6. The highest BCUT2D eigenvalue weighted by atomic mass is 16.5. The van der Waals surface area contributed by atoms with E-state index in [9.17, 15) is 4.79 Å². The van der Waals surface area contributed by atoms with Crippen LogP contribution in [0.3, 0.4) is 0 Å². The fourth-order valence-electron chi connectivity index (χ4n) is 2.55. The highest BCUT2D eigenvalue weighted by Gasteiger charge is 2.28. The Hall–Kier alpha value is -1.35. The Balaban J connectivity index is 2.21. The number of carbonyl (C=O) groups is 1. The maximum absolute atomic E-state index is 11.6. The fraction of sp³-hybridized carbons (Fsp3) is 0.588. The van der Waals surface area contributed by atoms with Crippen molar-refractivity contribution in [2.24, 2.45) is 0 Å². The highest BCUT2D eigenvalue weighted by Crippen LogP contribution is 2.31. The van der Waals surface area contributed by atoms with Crippen LogP contribution in [0.1, 0.15) is 56.0 Å². The summed E-state index contributed by atoms with van der Waals surface area (Å²) in [6.07, 6.45) is 3.76. The van der Waals surface area contributed by atoms with Crippen LogP contribution in [0.2, 0.25) is 0 Å². The Kier molecular flexibility index (Phi) is 5.18. The number of hydrogen-bond acceptors (Lipinski definition) is 3. The molecule has 1 saturated carbocycles. The van der Waals surface area contributed by atoms with Crippen molar-refractivity contribution >= 4 is 5.78 Å². The molecule has 1 aliphatic rings. The molecule has 0 bridgehead atoms. The van der Waals surface area contributed by atoms with E-state index in [-0.39, 0.29) is 5.78 Å². The van der Waals surface area contributed by atoms with E-state index in [4.69, 9.17) is 4.74 Å². The van der Waals surface area contributed by atoms with Gasteiger partial charge < -0.3 is 4.74 Å². The van der Waals surface area contributed by atoms with E-state index in [1.807, 2.05) is 25.1 Å². The minimum atomic E-state index is 0.114. The molecule has 0 N–H and O–H groups in total. The molecule has 110 valence electrons. The summed E-state index contributed by atoms with van der Waals surface area (Å²) in [7, 11) is 0. The van der Waals surface area contributed by atoms with Crippen LogP contribution in [0, 0.1) is 0 Å². The first-order valence-corrected chi connectivity index (χ1v) is 7.66. The van der Waals surface area contributed by atoms with Crippen LogP contribution in [0.15, 0.2) is 18.2 Å². The van der Waals surface area contributed by atoms with Crippen LogP contribution in [0.4, 0.5) is 0 Å². The molecule has 0 radical (unpaired) electrons. The molecule has 20 heavy (non-hydrogen) atoms. The quantitative estimate of drug-likeness (QED) is 0.678. The summed E-state index contributed by atoms with van der Waals surface area (Å²) in [6.45, 7) is 8.47. The lowest BCUT2D eigenvalue weighted by molar-refractivity contribution is 0.101. The molecule has 0 aromatic heterocycles. The topological polar surface area (TPSA) is 29.5 Å². The number of ether oxygens (including phenoxy) is 1. The number of Topliss-reactive ketones (excluding diaryl/α,β-unsaturated/α-hetero) is 1. The molecule has 1 aromatic rings. The van der Waals surface area contributed by atoms with Crippen LogP contribution >= 0.6 is 0 Å². The zero-order chi connectivity index (χ0) is 14.5.